The number of aromatic nitrogens is 2. The lowest BCUT2D eigenvalue weighted by atomic mass is 10.2. The number of ether oxygens (including phenoxy) is 2. The fourth-order valence-corrected chi connectivity index (χ4v) is 3.92. The lowest BCUT2D eigenvalue weighted by Gasteiger charge is -2.14. The molecule has 0 fully saturated rings. The zero-order valence-electron chi connectivity index (χ0n) is 14.9. The zero-order valence-corrected chi connectivity index (χ0v) is 15.7. The number of rotatable bonds is 6. The van der Waals surface area contributed by atoms with Gasteiger partial charge in [0, 0.05) is 24.5 Å². The summed E-state index contributed by atoms with van der Waals surface area (Å²) in [4.78, 5) is 0.0108. The molecular weight excluding hydrogens is 373 g/mol. The first-order valence-corrected chi connectivity index (χ1v) is 9.39. The summed E-state index contributed by atoms with van der Waals surface area (Å²) < 4.78 is 54.0. The van der Waals surface area contributed by atoms with E-state index in [0.29, 0.717) is 11.3 Å². The number of halogens is 1. The number of nitrogens with one attached hydrogen (secondary N) is 1. The molecular formula is C18H18FN3O4S. The van der Waals surface area contributed by atoms with Gasteiger partial charge in [-0.3, -0.25) is 4.72 Å². The summed E-state index contributed by atoms with van der Waals surface area (Å²) in [5, 5.41) is 3.96. The number of sulfonamides is 1. The Hall–Kier alpha value is -3.07. The van der Waals surface area contributed by atoms with Gasteiger partial charge in [0.2, 0.25) is 0 Å². The van der Waals surface area contributed by atoms with Gasteiger partial charge in [-0.05, 0) is 36.8 Å². The van der Waals surface area contributed by atoms with Crippen molar-refractivity contribution < 1.29 is 22.3 Å². The Morgan fingerprint density at radius 1 is 1.11 bits per heavy atom. The Bertz CT molecular complexity index is 1070. The van der Waals surface area contributed by atoms with E-state index in [0.717, 1.165) is 6.07 Å². The van der Waals surface area contributed by atoms with Gasteiger partial charge >= 0.3 is 0 Å². The van der Waals surface area contributed by atoms with Crippen molar-refractivity contribution in [3.8, 4) is 17.2 Å². The summed E-state index contributed by atoms with van der Waals surface area (Å²) in [5.74, 6) is 0.0928. The van der Waals surface area contributed by atoms with Crippen LogP contribution in [-0.2, 0) is 10.0 Å². The summed E-state index contributed by atoms with van der Waals surface area (Å²) >= 11 is 0. The summed E-state index contributed by atoms with van der Waals surface area (Å²) in [7, 11) is -1.08. The molecule has 0 radical (unpaired) electrons. The van der Waals surface area contributed by atoms with Crippen LogP contribution in [0.4, 0.5) is 10.1 Å². The van der Waals surface area contributed by atoms with Crippen LogP contribution in [0.15, 0.2) is 53.7 Å². The number of hydrogen-bond donors (Lipinski definition) is 1. The summed E-state index contributed by atoms with van der Waals surface area (Å²) in [5.41, 5.74) is 0.775. The van der Waals surface area contributed by atoms with E-state index in [1.807, 2.05) is 0 Å². The van der Waals surface area contributed by atoms with Gasteiger partial charge in [0.05, 0.1) is 24.8 Å². The average molecular weight is 391 g/mol. The Kier molecular flexibility index (Phi) is 5.04. The highest BCUT2D eigenvalue weighted by molar-refractivity contribution is 7.92. The Morgan fingerprint density at radius 2 is 1.81 bits per heavy atom. The van der Waals surface area contributed by atoms with Crippen LogP contribution in [0.2, 0.25) is 0 Å². The average Bonchev–Trinajstić information content (AvgIpc) is 3.15. The minimum absolute atomic E-state index is 0.0108. The predicted octanol–water partition coefficient (Wildman–Crippen LogP) is 3.14. The Morgan fingerprint density at radius 3 is 2.41 bits per heavy atom. The van der Waals surface area contributed by atoms with Crippen LogP contribution in [0.3, 0.4) is 0 Å². The molecule has 0 saturated heterocycles. The van der Waals surface area contributed by atoms with Crippen LogP contribution in [0, 0.1) is 12.7 Å². The Labute approximate surface area is 156 Å². The molecule has 0 aliphatic heterocycles. The number of aryl methyl sites for hydroxylation is 1. The van der Waals surface area contributed by atoms with Crippen molar-refractivity contribution in [1.82, 2.24) is 9.78 Å². The van der Waals surface area contributed by atoms with Gasteiger partial charge in [-0.1, -0.05) is 0 Å². The first kappa shape index (κ1) is 18.7. The van der Waals surface area contributed by atoms with Gasteiger partial charge in [-0.2, -0.15) is 5.10 Å². The SMILES string of the molecule is COc1cc(C)c(S(=O)(=O)Nc2ccc(-n3cccn3)c(F)c2)cc1OC. The standard InChI is InChI=1S/C18H18FN3O4S/c1-12-9-16(25-2)17(26-3)11-18(12)27(23,24)21-13-5-6-15(14(19)10-13)22-8-4-7-20-22/h4-11,21H,1-3H3. The van der Waals surface area contributed by atoms with Crippen LogP contribution < -0.4 is 14.2 Å². The molecule has 0 atom stereocenters. The molecule has 0 bridgehead atoms. The van der Waals surface area contributed by atoms with Crippen LogP contribution in [0.25, 0.3) is 5.69 Å². The number of hydrogen-bond acceptors (Lipinski definition) is 5. The number of nitrogens with zero attached hydrogens (tertiary/aromatic N) is 2. The molecule has 9 heteroatoms. The van der Waals surface area contributed by atoms with E-state index < -0.39 is 15.8 Å². The van der Waals surface area contributed by atoms with Crippen molar-refractivity contribution in [3.63, 3.8) is 0 Å². The molecule has 142 valence electrons. The minimum atomic E-state index is -3.96. The molecule has 2 aromatic carbocycles. The van der Waals surface area contributed by atoms with Crippen molar-refractivity contribution in [1.29, 1.82) is 0 Å². The first-order valence-electron chi connectivity index (χ1n) is 7.90. The fraction of sp³-hybridized carbons (Fsp3) is 0.167. The zero-order chi connectivity index (χ0) is 19.6. The van der Waals surface area contributed by atoms with E-state index in [-0.39, 0.29) is 22.0 Å². The molecule has 1 N–H and O–H groups in total. The highest BCUT2D eigenvalue weighted by atomic mass is 32.2. The topological polar surface area (TPSA) is 82.5 Å². The van der Waals surface area contributed by atoms with Crippen molar-refractivity contribution in [2.45, 2.75) is 11.8 Å². The van der Waals surface area contributed by atoms with E-state index in [1.165, 1.54) is 43.3 Å². The molecule has 0 aliphatic carbocycles. The normalized spacial score (nSPS) is 11.3. The van der Waals surface area contributed by atoms with E-state index in [9.17, 15) is 12.8 Å². The second-order valence-electron chi connectivity index (χ2n) is 5.70. The Balaban J connectivity index is 1.94. The van der Waals surface area contributed by atoms with Crippen molar-refractivity contribution >= 4 is 15.7 Å². The monoisotopic (exact) mass is 391 g/mol. The number of methoxy groups -OCH3 is 2. The van der Waals surface area contributed by atoms with Crippen molar-refractivity contribution in [2.24, 2.45) is 0 Å². The van der Waals surface area contributed by atoms with Crippen LogP contribution in [-0.4, -0.2) is 32.4 Å². The smallest absolute Gasteiger partial charge is 0.262 e. The lowest BCUT2D eigenvalue weighted by molar-refractivity contribution is 0.353. The predicted molar refractivity (Wildman–Crippen MR) is 98.6 cm³/mol. The molecule has 0 aliphatic rings. The third-order valence-electron chi connectivity index (χ3n) is 3.92. The molecule has 27 heavy (non-hydrogen) atoms. The summed E-state index contributed by atoms with van der Waals surface area (Å²) in [6, 6.07) is 8.61. The van der Waals surface area contributed by atoms with E-state index >= 15 is 0 Å². The van der Waals surface area contributed by atoms with Crippen LogP contribution in [0.5, 0.6) is 11.5 Å². The van der Waals surface area contributed by atoms with Crippen LogP contribution >= 0.6 is 0 Å². The van der Waals surface area contributed by atoms with E-state index in [2.05, 4.69) is 9.82 Å². The molecule has 0 spiro atoms. The molecule has 1 heterocycles. The van der Waals surface area contributed by atoms with E-state index in [1.54, 1.807) is 25.3 Å². The van der Waals surface area contributed by atoms with Crippen molar-refractivity contribution in [2.75, 3.05) is 18.9 Å². The maximum atomic E-state index is 14.4. The maximum absolute atomic E-state index is 14.4. The minimum Gasteiger partial charge on any atom is -0.493 e. The second kappa shape index (κ2) is 7.28. The van der Waals surface area contributed by atoms with Gasteiger partial charge < -0.3 is 9.47 Å². The number of anilines is 1. The molecule has 0 amide bonds. The third-order valence-corrected chi connectivity index (χ3v) is 5.45. The largest absolute Gasteiger partial charge is 0.493 e. The first-order chi connectivity index (χ1) is 12.9. The highest BCUT2D eigenvalue weighted by Gasteiger charge is 2.21. The molecule has 3 aromatic rings. The van der Waals surface area contributed by atoms with Gasteiger partial charge in [0.15, 0.2) is 17.3 Å². The van der Waals surface area contributed by atoms with Gasteiger partial charge in [-0.15, -0.1) is 0 Å². The van der Waals surface area contributed by atoms with Crippen LogP contribution in [0.1, 0.15) is 5.56 Å². The number of benzene rings is 2. The van der Waals surface area contributed by atoms with Crippen molar-refractivity contribution in [3.05, 3.63) is 60.2 Å². The molecule has 0 unspecified atom stereocenters. The highest BCUT2D eigenvalue weighted by Crippen LogP contribution is 2.33. The molecule has 3 rings (SSSR count). The molecule has 1 aromatic heterocycles. The lowest BCUT2D eigenvalue weighted by Crippen LogP contribution is -2.15. The fourth-order valence-electron chi connectivity index (χ4n) is 2.63. The molecule has 0 saturated carbocycles. The van der Waals surface area contributed by atoms with Gasteiger partial charge in [-0.25, -0.2) is 17.5 Å². The quantitative estimate of drug-likeness (QED) is 0.698. The second-order valence-corrected chi connectivity index (χ2v) is 7.35. The summed E-state index contributed by atoms with van der Waals surface area (Å²) in [6.07, 6.45) is 3.12. The molecule has 7 nitrogen and oxygen atoms in total. The third kappa shape index (κ3) is 3.72. The maximum Gasteiger partial charge on any atom is 0.262 e. The van der Waals surface area contributed by atoms with Gasteiger partial charge in [0.25, 0.3) is 10.0 Å². The van der Waals surface area contributed by atoms with Gasteiger partial charge in [0.1, 0.15) is 5.69 Å². The summed E-state index contributed by atoms with van der Waals surface area (Å²) in [6.45, 7) is 1.64. The van der Waals surface area contributed by atoms with E-state index in [4.69, 9.17) is 9.47 Å².